The lowest BCUT2D eigenvalue weighted by Gasteiger charge is -1.94. The Hall–Kier alpha value is -0.785. The smallest absolute Gasteiger partial charge is 0.418 e. The van der Waals surface area contributed by atoms with Crippen molar-refractivity contribution in [1.82, 2.24) is 9.97 Å². The molecule has 2 N–H and O–H groups in total. The van der Waals surface area contributed by atoms with Gasteiger partial charge in [-0.05, 0) is 12.2 Å². The van der Waals surface area contributed by atoms with E-state index in [0.29, 0.717) is 4.77 Å². The van der Waals surface area contributed by atoms with Gasteiger partial charge in [0.25, 0.3) is 0 Å². The quantitative estimate of drug-likeness (QED) is 0.365. The zero-order valence-electron chi connectivity index (χ0n) is 6.15. The molecule has 1 rings (SSSR count). The lowest BCUT2D eigenvalue weighted by Crippen LogP contribution is -2.02. The van der Waals surface area contributed by atoms with Gasteiger partial charge in [0.1, 0.15) is 0 Å². The average Bonchev–Trinajstić information content (AvgIpc) is 2.12. The van der Waals surface area contributed by atoms with Crippen LogP contribution < -0.4 is 0 Å². The van der Waals surface area contributed by atoms with Crippen LogP contribution in [0.25, 0.3) is 0 Å². The fraction of sp³-hybridized carbons (Fsp3) is 0. The van der Waals surface area contributed by atoms with E-state index in [9.17, 15) is 17.3 Å². The number of aromatic amines is 2. The highest BCUT2D eigenvalue weighted by Gasteiger charge is 2.20. The molecule has 64 valence electrons. The van der Waals surface area contributed by atoms with Gasteiger partial charge in [0.15, 0.2) is 4.77 Å². The van der Waals surface area contributed by atoms with E-state index in [0.717, 1.165) is 0 Å². The third-order valence-corrected chi connectivity index (χ3v) is 0.748. The number of halogens is 4. The summed E-state index contributed by atoms with van der Waals surface area (Å²) in [6, 6.07) is 0. The standard InChI is InChI=1S/C3H4N2S.BF4/c6-3-4-1-2-5-3;2-1(3,4)5/h1-2H,(H2,4,5,6);/q;-1/p+1. The number of nitrogens with one attached hydrogen (secondary N) is 2. The highest BCUT2D eigenvalue weighted by molar-refractivity contribution is 7.71. The molecule has 0 radical (unpaired) electrons. The molecule has 11 heavy (non-hydrogen) atoms. The minimum absolute atomic E-state index is 0. The van der Waals surface area contributed by atoms with Crippen LogP contribution in [0, 0.1) is 4.77 Å². The summed E-state index contributed by atoms with van der Waals surface area (Å²) in [6.07, 6.45) is 3.50. The predicted molar refractivity (Wildman–Crippen MR) is 37.3 cm³/mol. The second kappa shape index (κ2) is 4.17. The topological polar surface area (TPSA) is 31.6 Å². The van der Waals surface area contributed by atoms with Crippen molar-refractivity contribution >= 4 is 19.5 Å². The molecule has 8 heteroatoms. The monoisotopic (exact) mass is 188 g/mol. The summed E-state index contributed by atoms with van der Waals surface area (Å²) in [4.78, 5) is 5.52. The first-order valence-corrected chi connectivity index (χ1v) is 2.90. The molecular weight excluding hydrogens is 183 g/mol. The van der Waals surface area contributed by atoms with E-state index < -0.39 is 7.25 Å². The molecule has 1 heterocycles. The Morgan fingerprint density at radius 2 is 1.45 bits per heavy atom. The third kappa shape index (κ3) is 12.4. The number of hydrogen-bond acceptors (Lipinski definition) is 1. The Morgan fingerprint density at radius 1 is 1.18 bits per heavy atom. The molecule has 0 aromatic carbocycles. The van der Waals surface area contributed by atoms with Gasteiger partial charge in [-0.3, -0.25) is 0 Å². The van der Waals surface area contributed by atoms with Gasteiger partial charge in [-0.25, -0.2) is 0 Å². The lowest BCUT2D eigenvalue weighted by atomic mass is 10.3. The Labute approximate surface area is 66.2 Å². The Morgan fingerprint density at radius 3 is 1.55 bits per heavy atom. The lowest BCUT2D eigenvalue weighted by molar-refractivity contribution is 0.368. The number of hydrogen-bond donors (Lipinski definition) is 2. The normalized spacial score (nSPS) is 10.2. The molecule has 1 aromatic heterocycles. The van der Waals surface area contributed by atoms with Crippen LogP contribution in [-0.2, 0) is 0 Å². The van der Waals surface area contributed by atoms with E-state index >= 15 is 0 Å². The first kappa shape index (κ1) is 10.2. The van der Waals surface area contributed by atoms with Crippen molar-refractivity contribution in [3.8, 4) is 0 Å². The van der Waals surface area contributed by atoms with Crippen LogP contribution in [0.3, 0.4) is 0 Å². The minimum Gasteiger partial charge on any atom is -0.418 e. The van der Waals surface area contributed by atoms with E-state index in [1.807, 2.05) is 0 Å². The molecule has 0 atom stereocenters. The molecule has 0 fully saturated rings. The van der Waals surface area contributed by atoms with Crippen LogP contribution in [0.15, 0.2) is 12.4 Å². The Bertz CT molecular complexity index is 222. The molecule has 0 amide bonds. The molecular formula is C3H5BF4N2S. The second-order valence-corrected chi connectivity index (χ2v) is 1.85. The highest BCUT2D eigenvalue weighted by atomic mass is 32.1. The summed E-state index contributed by atoms with van der Waals surface area (Å²) < 4.78 is 39.7. The zero-order chi connectivity index (χ0) is 8.91. The summed E-state index contributed by atoms with van der Waals surface area (Å²) in [7, 11) is -6.00. The zero-order valence-corrected chi connectivity index (χ0v) is 5.97. The van der Waals surface area contributed by atoms with Crippen LogP contribution in [0.1, 0.15) is 1.43 Å². The van der Waals surface area contributed by atoms with Gasteiger partial charge in [0.2, 0.25) is 0 Å². The maximum Gasteiger partial charge on any atom is 1.00 e. The number of H-pyrrole nitrogens is 2. The van der Waals surface area contributed by atoms with E-state index in [1.54, 1.807) is 12.4 Å². The second-order valence-electron chi connectivity index (χ2n) is 1.45. The van der Waals surface area contributed by atoms with E-state index in [4.69, 9.17) is 0 Å². The van der Waals surface area contributed by atoms with Crippen molar-refractivity contribution < 1.29 is 18.7 Å². The van der Waals surface area contributed by atoms with Gasteiger partial charge in [-0.15, -0.1) is 0 Å². The van der Waals surface area contributed by atoms with E-state index in [-0.39, 0.29) is 1.43 Å². The fourth-order valence-electron chi connectivity index (χ4n) is 0.276. The summed E-state index contributed by atoms with van der Waals surface area (Å²) in [5, 5.41) is 0. The largest absolute Gasteiger partial charge is 1.00 e. The summed E-state index contributed by atoms with van der Waals surface area (Å²) in [5.41, 5.74) is 0. The maximum absolute atomic E-state index is 9.75. The van der Waals surface area contributed by atoms with Crippen molar-refractivity contribution in [2.45, 2.75) is 0 Å². The Balaban J connectivity index is 0. The van der Waals surface area contributed by atoms with Crippen LogP contribution in [0.4, 0.5) is 17.3 Å². The summed E-state index contributed by atoms with van der Waals surface area (Å²) >= 11 is 4.63. The van der Waals surface area contributed by atoms with Crippen molar-refractivity contribution in [2.75, 3.05) is 0 Å². The minimum atomic E-state index is -6.00. The van der Waals surface area contributed by atoms with E-state index in [2.05, 4.69) is 22.2 Å². The van der Waals surface area contributed by atoms with Crippen LogP contribution >= 0.6 is 12.2 Å². The molecule has 0 spiro atoms. The molecule has 1 aromatic rings. The van der Waals surface area contributed by atoms with Crippen molar-refractivity contribution in [2.24, 2.45) is 0 Å². The molecule has 0 aliphatic heterocycles. The third-order valence-electron chi connectivity index (χ3n) is 0.512. The molecule has 0 saturated heterocycles. The summed E-state index contributed by atoms with van der Waals surface area (Å²) in [6.45, 7) is 0. The molecule has 0 saturated carbocycles. The fourth-order valence-corrected chi connectivity index (χ4v) is 0.412. The van der Waals surface area contributed by atoms with Gasteiger partial charge >= 0.3 is 8.68 Å². The van der Waals surface area contributed by atoms with Crippen molar-refractivity contribution in [3.05, 3.63) is 17.2 Å². The van der Waals surface area contributed by atoms with Crippen molar-refractivity contribution in [1.29, 1.82) is 0 Å². The molecule has 2 nitrogen and oxygen atoms in total. The number of imidazole rings is 1. The van der Waals surface area contributed by atoms with Crippen LogP contribution in [0.5, 0.6) is 0 Å². The average molecular weight is 188 g/mol. The molecule has 0 aliphatic rings. The summed E-state index contributed by atoms with van der Waals surface area (Å²) in [5.74, 6) is 0. The van der Waals surface area contributed by atoms with E-state index in [1.165, 1.54) is 0 Å². The first-order chi connectivity index (χ1) is 4.89. The van der Waals surface area contributed by atoms with Gasteiger partial charge < -0.3 is 27.2 Å². The maximum atomic E-state index is 9.75. The SMILES string of the molecule is F[B-](F)(F)F.S=c1[nH]cc[nH]1.[H+]. The molecule has 0 unspecified atom stereocenters. The highest BCUT2D eigenvalue weighted by Crippen LogP contribution is 2.06. The first-order valence-electron chi connectivity index (χ1n) is 2.49. The predicted octanol–water partition coefficient (Wildman–Crippen LogP) is 2.48. The van der Waals surface area contributed by atoms with Crippen LogP contribution in [0.2, 0.25) is 0 Å². The van der Waals surface area contributed by atoms with Gasteiger partial charge in [-0.1, -0.05) is 0 Å². The number of rotatable bonds is 0. The van der Waals surface area contributed by atoms with Gasteiger partial charge in [-0.2, -0.15) is 0 Å². The van der Waals surface area contributed by atoms with Crippen molar-refractivity contribution in [3.63, 3.8) is 0 Å². The van der Waals surface area contributed by atoms with Gasteiger partial charge in [0, 0.05) is 12.4 Å². The van der Waals surface area contributed by atoms with Crippen LogP contribution in [-0.4, -0.2) is 17.2 Å². The van der Waals surface area contributed by atoms with Gasteiger partial charge in [0.05, 0.1) is 0 Å². The Kier molecular flexibility index (Phi) is 3.87. The molecule has 0 bridgehead atoms. The number of aromatic nitrogens is 2. The molecule has 0 aliphatic carbocycles.